The van der Waals surface area contributed by atoms with Gasteiger partial charge in [0.15, 0.2) is 6.29 Å². The molecule has 1 saturated heterocycles. The van der Waals surface area contributed by atoms with E-state index in [1.165, 1.54) is 11.3 Å². The van der Waals surface area contributed by atoms with Crippen molar-refractivity contribution in [2.75, 3.05) is 38.1 Å². The molecule has 0 radical (unpaired) electrons. The number of carbonyl (C=O) groups excluding carboxylic acids is 1. The average molecular weight is 558 g/mol. The van der Waals surface area contributed by atoms with Crippen LogP contribution in [0.15, 0.2) is 73.2 Å². The molecule has 2 aromatic carbocycles. The van der Waals surface area contributed by atoms with Crippen molar-refractivity contribution in [1.29, 1.82) is 0 Å². The first-order chi connectivity index (χ1) is 19.0. The minimum absolute atomic E-state index is 0.307. The number of carbonyl (C=O) groups is 1. The van der Waals surface area contributed by atoms with E-state index in [0.29, 0.717) is 15.6 Å². The Morgan fingerprint density at radius 3 is 2.54 bits per heavy atom. The van der Waals surface area contributed by atoms with E-state index in [1.807, 2.05) is 48.0 Å². The fourth-order valence-corrected chi connectivity index (χ4v) is 6.05. The first kappa shape index (κ1) is 25.6. The maximum atomic E-state index is 11.9. The Hall–Kier alpha value is -3.72. The molecule has 0 saturated carbocycles. The lowest BCUT2D eigenvalue weighted by atomic mass is 10.1. The summed E-state index contributed by atoms with van der Waals surface area (Å²) in [7, 11) is 2.15. The van der Waals surface area contributed by atoms with Crippen LogP contribution in [-0.4, -0.2) is 58.9 Å². The predicted molar refractivity (Wildman–Crippen MR) is 158 cm³/mol. The number of hydrogen-bond donors (Lipinski definition) is 0. The van der Waals surface area contributed by atoms with Crippen LogP contribution in [0.3, 0.4) is 0 Å². The van der Waals surface area contributed by atoms with E-state index in [2.05, 4.69) is 52.2 Å². The average Bonchev–Trinajstić information content (AvgIpc) is 3.57. The molecule has 1 aliphatic heterocycles. The van der Waals surface area contributed by atoms with E-state index in [1.54, 1.807) is 6.33 Å². The molecule has 0 amide bonds. The third-order valence-corrected chi connectivity index (χ3v) is 8.54. The third-order valence-electron chi connectivity index (χ3n) is 7.16. The van der Waals surface area contributed by atoms with Crippen molar-refractivity contribution in [2.24, 2.45) is 0 Å². The van der Waals surface area contributed by atoms with Crippen molar-refractivity contribution in [3.63, 3.8) is 0 Å². The maximum Gasteiger partial charge on any atom is 0.163 e. The molecule has 0 spiro atoms. The molecule has 0 bridgehead atoms. The maximum absolute atomic E-state index is 11.9. The van der Waals surface area contributed by atoms with Crippen molar-refractivity contribution in [3.8, 4) is 21.9 Å². The largest absolute Gasteiger partial charge is 0.484 e. The number of imidazole rings is 1. The second-order valence-electron chi connectivity index (χ2n) is 9.73. The van der Waals surface area contributed by atoms with Crippen molar-refractivity contribution in [2.45, 2.75) is 13.0 Å². The minimum Gasteiger partial charge on any atom is -0.484 e. The molecular weight excluding hydrogens is 530 g/mol. The van der Waals surface area contributed by atoms with Gasteiger partial charge in [0.05, 0.1) is 11.0 Å². The van der Waals surface area contributed by atoms with Gasteiger partial charge in [-0.05, 0) is 49.9 Å². The van der Waals surface area contributed by atoms with Gasteiger partial charge in [0, 0.05) is 54.6 Å². The highest BCUT2D eigenvalue weighted by atomic mass is 35.5. The fraction of sp³-hybridized carbons (Fsp3) is 0.233. The van der Waals surface area contributed by atoms with Crippen LogP contribution in [0, 0.1) is 0 Å². The summed E-state index contributed by atoms with van der Waals surface area (Å²) in [6, 6.07) is 19.9. The Kier molecular flexibility index (Phi) is 7.08. The summed E-state index contributed by atoms with van der Waals surface area (Å²) in [6.07, 6.45) is 4.24. The van der Waals surface area contributed by atoms with Gasteiger partial charge >= 0.3 is 0 Å². The number of ether oxygens (including phenoxy) is 1. The summed E-state index contributed by atoms with van der Waals surface area (Å²) < 4.78 is 8.16. The van der Waals surface area contributed by atoms with Gasteiger partial charge in [-0.3, -0.25) is 9.36 Å². The lowest BCUT2D eigenvalue weighted by molar-refractivity contribution is 0.112. The second-order valence-corrected chi connectivity index (χ2v) is 11.2. The molecule has 1 fully saturated rings. The molecule has 1 aliphatic rings. The van der Waals surface area contributed by atoms with Gasteiger partial charge in [0.25, 0.3) is 0 Å². The van der Waals surface area contributed by atoms with Gasteiger partial charge in [-0.1, -0.05) is 35.9 Å². The number of likely N-dealkylation sites (N-methyl/N-ethyl adjacent to an activating group) is 1. The van der Waals surface area contributed by atoms with E-state index in [9.17, 15) is 4.79 Å². The molecular formula is C30H28ClN5O2S. The number of thiophene rings is 1. The van der Waals surface area contributed by atoms with Crippen LogP contribution in [-0.2, 0) is 0 Å². The van der Waals surface area contributed by atoms with Crippen molar-refractivity contribution >= 4 is 46.1 Å². The van der Waals surface area contributed by atoms with Gasteiger partial charge in [0.1, 0.15) is 33.9 Å². The van der Waals surface area contributed by atoms with Crippen LogP contribution in [0.25, 0.3) is 27.2 Å². The van der Waals surface area contributed by atoms with Crippen molar-refractivity contribution < 1.29 is 9.53 Å². The highest BCUT2D eigenvalue weighted by Crippen LogP contribution is 2.36. The number of aldehydes is 1. The van der Waals surface area contributed by atoms with Crippen LogP contribution in [0.2, 0.25) is 5.02 Å². The topological polar surface area (TPSA) is 63.5 Å². The summed E-state index contributed by atoms with van der Waals surface area (Å²) in [5.74, 6) is 1.55. The first-order valence-corrected chi connectivity index (χ1v) is 14.1. The molecule has 3 aromatic heterocycles. The normalized spacial score (nSPS) is 15.0. The van der Waals surface area contributed by atoms with Crippen molar-refractivity contribution in [1.82, 2.24) is 19.4 Å². The van der Waals surface area contributed by atoms with Crippen LogP contribution in [0.1, 0.15) is 28.3 Å². The number of pyridine rings is 1. The summed E-state index contributed by atoms with van der Waals surface area (Å²) in [5, 5.41) is 1.49. The zero-order valence-corrected chi connectivity index (χ0v) is 23.3. The Balaban J connectivity index is 1.24. The summed E-state index contributed by atoms with van der Waals surface area (Å²) in [5.41, 5.74) is 4.79. The number of aromatic nitrogens is 3. The highest BCUT2D eigenvalue weighted by molar-refractivity contribution is 7.16. The van der Waals surface area contributed by atoms with E-state index in [4.69, 9.17) is 21.3 Å². The molecule has 9 heteroatoms. The van der Waals surface area contributed by atoms with Gasteiger partial charge in [0.2, 0.25) is 0 Å². The molecule has 5 aromatic rings. The lowest BCUT2D eigenvalue weighted by Crippen LogP contribution is -2.44. The number of piperazine rings is 1. The number of fused-ring (bicyclic) bond motifs is 1. The standard InChI is InChI=1S/C30H28ClN5O2S/c1-20(23-5-3-4-6-24(23)31)38-27-16-30(39-28(27)18-37)36-19-33-25-15-21(7-9-26(25)36)22-8-10-29(32-17-22)35-13-11-34(2)12-14-35/h3-10,15-20H,11-14H2,1-2H3/t20-/m1/s1. The first-order valence-electron chi connectivity index (χ1n) is 12.9. The fourth-order valence-electron chi connectivity index (χ4n) is 4.87. The molecule has 1 atom stereocenters. The summed E-state index contributed by atoms with van der Waals surface area (Å²) >= 11 is 7.72. The monoisotopic (exact) mass is 557 g/mol. The number of nitrogens with zero attached hydrogens (tertiary/aromatic N) is 5. The second kappa shape index (κ2) is 10.8. The molecule has 4 heterocycles. The van der Waals surface area contributed by atoms with Crippen molar-refractivity contribution in [3.05, 3.63) is 88.7 Å². The van der Waals surface area contributed by atoms with Gasteiger partial charge < -0.3 is 14.5 Å². The van der Waals surface area contributed by atoms with Gasteiger partial charge in [-0.2, -0.15) is 0 Å². The van der Waals surface area contributed by atoms with E-state index < -0.39 is 0 Å². The smallest absolute Gasteiger partial charge is 0.163 e. The molecule has 6 rings (SSSR count). The summed E-state index contributed by atoms with van der Waals surface area (Å²) in [4.78, 5) is 26.4. The Labute approximate surface area is 236 Å². The summed E-state index contributed by atoms with van der Waals surface area (Å²) in [6.45, 7) is 6.01. The van der Waals surface area contributed by atoms with Crippen LogP contribution >= 0.6 is 22.9 Å². The molecule has 198 valence electrons. The minimum atomic E-state index is -0.307. The number of benzene rings is 2. The Bertz CT molecular complexity index is 1620. The Morgan fingerprint density at radius 1 is 1.00 bits per heavy atom. The Morgan fingerprint density at radius 2 is 1.79 bits per heavy atom. The van der Waals surface area contributed by atoms with E-state index >= 15 is 0 Å². The number of halogens is 1. The number of anilines is 1. The highest BCUT2D eigenvalue weighted by Gasteiger charge is 2.19. The van der Waals surface area contributed by atoms with E-state index in [-0.39, 0.29) is 6.10 Å². The number of hydrogen-bond acceptors (Lipinski definition) is 7. The molecule has 0 unspecified atom stereocenters. The molecule has 7 nitrogen and oxygen atoms in total. The van der Waals surface area contributed by atoms with E-state index in [0.717, 1.165) is 71.0 Å². The zero-order valence-electron chi connectivity index (χ0n) is 21.8. The predicted octanol–water partition coefficient (Wildman–Crippen LogP) is 6.51. The quantitative estimate of drug-likeness (QED) is 0.213. The molecule has 0 N–H and O–H groups in total. The number of rotatable bonds is 7. The van der Waals surface area contributed by atoms with Crippen LogP contribution in [0.5, 0.6) is 5.75 Å². The van der Waals surface area contributed by atoms with Crippen LogP contribution < -0.4 is 9.64 Å². The molecule has 39 heavy (non-hydrogen) atoms. The van der Waals surface area contributed by atoms with Crippen LogP contribution in [0.4, 0.5) is 5.82 Å². The van der Waals surface area contributed by atoms with Gasteiger partial charge in [-0.25, -0.2) is 9.97 Å². The lowest BCUT2D eigenvalue weighted by Gasteiger charge is -2.33. The van der Waals surface area contributed by atoms with Gasteiger partial charge in [-0.15, -0.1) is 11.3 Å². The third kappa shape index (κ3) is 5.15. The molecule has 0 aliphatic carbocycles. The zero-order chi connectivity index (χ0) is 26.9. The SMILES string of the molecule is C[C@@H](Oc1cc(-n2cnc3cc(-c4ccc(N5CCN(C)CC5)nc4)ccc32)sc1C=O)c1ccccc1Cl.